The highest BCUT2D eigenvalue weighted by Crippen LogP contribution is 2.15. The van der Waals surface area contributed by atoms with Crippen molar-refractivity contribution in [2.75, 3.05) is 31.1 Å². The fourth-order valence-electron chi connectivity index (χ4n) is 3.07. The first-order valence-electron chi connectivity index (χ1n) is 9.19. The minimum atomic E-state index is -0.126. The highest BCUT2D eigenvalue weighted by Gasteiger charge is 2.22. The second-order valence-electron chi connectivity index (χ2n) is 6.90. The Labute approximate surface area is 159 Å². The lowest BCUT2D eigenvalue weighted by Gasteiger charge is -2.33. The fraction of sp³-hybridized carbons (Fsp3) is 0.400. The van der Waals surface area contributed by atoms with Gasteiger partial charge < -0.3 is 14.7 Å². The quantitative estimate of drug-likeness (QED) is 0.728. The summed E-state index contributed by atoms with van der Waals surface area (Å²) in [5, 5.41) is 0. The molecule has 2 aromatic rings. The van der Waals surface area contributed by atoms with Crippen molar-refractivity contribution in [3.63, 3.8) is 0 Å². The van der Waals surface area contributed by atoms with E-state index in [0.29, 0.717) is 38.4 Å². The number of carbonyl (C=O) groups is 2. The molecule has 7 heteroatoms. The molecule has 0 saturated carbocycles. The van der Waals surface area contributed by atoms with Gasteiger partial charge in [-0.15, -0.1) is 0 Å². The molecule has 1 aliphatic heterocycles. The molecule has 142 valence electrons. The van der Waals surface area contributed by atoms with Crippen LogP contribution in [-0.2, 0) is 11.3 Å². The lowest BCUT2D eigenvalue weighted by atomic mass is 10.2. The predicted octanol–water partition coefficient (Wildman–Crippen LogP) is 1.81. The Morgan fingerprint density at radius 1 is 1.11 bits per heavy atom. The molecule has 2 heterocycles. The molecule has 7 nitrogen and oxygen atoms in total. The maximum absolute atomic E-state index is 12.9. The minimum absolute atomic E-state index is 0.0515. The summed E-state index contributed by atoms with van der Waals surface area (Å²) >= 11 is 0. The van der Waals surface area contributed by atoms with E-state index in [9.17, 15) is 9.59 Å². The van der Waals surface area contributed by atoms with Crippen molar-refractivity contribution in [3.05, 3.63) is 54.0 Å². The van der Waals surface area contributed by atoms with Crippen LogP contribution in [0.5, 0.6) is 0 Å². The van der Waals surface area contributed by atoms with Crippen LogP contribution in [0.25, 0.3) is 0 Å². The first-order valence-corrected chi connectivity index (χ1v) is 9.19. The van der Waals surface area contributed by atoms with Crippen LogP contribution in [0.2, 0.25) is 0 Å². The Morgan fingerprint density at radius 2 is 1.81 bits per heavy atom. The summed E-state index contributed by atoms with van der Waals surface area (Å²) in [6.45, 7) is 7.30. The summed E-state index contributed by atoms with van der Waals surface area (Å²) in [6.07, 6.45) is 4.06. The summed E-state index contributed by atoms with van der Waals surface area (Å²) in [5.41, 5.74) is 1.42. The van der Waals surface area contributed by atoms with Gasteiger partial charge in [-0.25, -0.2) is 9.97 Å². The summed E-state index contributed by atoms with van der Waals surface area (Å²) < 4.78 is 0. The summed E-state index contributed by atoms with van der Waals surface area (Å²) in [7, 11) is 0. The van der Waals surface area contributed by atoms with Crippen molar-refractivity contribution in [2.45, 2.75) is 26.4 Å². The van der Waals surface area contributed by atoms with Crippen LogP contribution in [-0.4, -0.2) is 64.3 Å². The van der Waals surface area contributed by atoms with E-state index in [1.165, 1.54) is 0 Å². The van der Waals surface area contributed by atoms with Crippen molar-refractivity contribution < 1.29 is 9.59 Å². The molecule has 2 amide bonds. The van der Waals surface area contributed by atoms with E-state index in [1.807, 2.05) is 44.2 Å². The number of hydrogen-bond acceptors (Lipinski definition) is 5. The van der Waals surface area contributed by atoms with Gasteiger partial charge in [-0.2, -0.15) is 0 Å². The number of nitrogens with zero attached hydrogens (tertiary/aromatic N) is 5. The molecular formula is C20H25N5O2. The fourth-order valence-corrected chi connectivity index (χ4v) is 3.07. The van der Waals surface area contributed by atoms with E-state index in [0.717, 1.165) is 17.8 Å². The Bertz CT molecular complexity index is 756. The number of amides is 2. The summed E-state index contributed by atoms with van der Waals surface area (Å²) in [5.74, 6) is 0.606. The Kier molecular flexibility index (Phi) is 6.01. The zero-order valence-corrected chi connectivity index (χ0v) is 15.8. The smallest absolute Gasteiger partial charge is 0.274 e. The Morgan fingerprint density at radius 3 is 2.37 bits per heavy atom. The molecule has 0 radical (unpaired) electrons. The molecule has 0 aliphatic carbocycles. The number of benzene rings is 1. The maximum atomic E-state index is 12.9. The van der Waals surface area contributed by atoms with Gasteiger partial charge in [0.1, 0.15) is 11.5 Å². The van der Waals surface area contributed by atoms with Gasteiger partial charge >= 0.3 is 0 Å². The zero-order valence-electron chi connectivity index (χ0n) is 15.8. The number of hydrogen-bond donors (Lipinski definition) is 0. The van der Waals surface area contributed by atoms with Gasteiger partial charge in [0.05, 0.1) is 12.4 Å². The van der Waals surface area contributed by atoms with E-state index in [-0.39, 0.29) is 11.9 Å². The van der Waals surface area contributed by atoms with Crippen LogP contribution in [0.1, 0.15) is 29.9 Å². The summed E-state index contributed by atoms with van der Waals surface area (Å²) in [4.78, 5) is 38.1. The number of piperazine rings is 1. The largest absolute Gasteiger partial charge is 0.352 e. The molecule has 1 aliphatic rings. The average Bonchev–Trinajstić information content (AvgIpc) is 2.72. The van der Waals surface area contributed by atoms with Gasteiger partial charge in [-0.3, -0.25) is 9.59 Å². The topological polar surface area (TPSA) is 69.6 Å². The van der Waals surface area contributed by atoms with Gasteiger partial charge in [0, 0.05) is 38.8 Å². The zero-order chi connectivity index (χ0) is 19.2. The van der Waals surface area contributed by atoms with Crippen molar-refractivity contribution in [3.8, 4) is 0 Å². The van der Waals surface area contributed by atoms with Gasteiger partial charge in [-0.05, 0) is 19.4 Å². The van der Waals surface area contributed by atoms with Gasteiger partial charge in [-0.1, -0.05) is 30.3 Å². The van der Waals surface area contributed by atoms with E-state index in [2.05, 4.69) is 14.9 Å². The molecule has 0 unspecified atom stereocenters. The average molecular weight is 367 g/mol. The standard InChI is InChI=1S/C20H25N5O2/c1-16(2)25(14-17-6-4-3-5-7-17)20(27)18-12-22-19(13-21-18)24-10-8-23(15-26)9-11-24/h3-7,12-13,15-16H,8-11,14H2,1-2H3. The van der Waals surface area contributed by atoms with Gasteiger partial charge in [0.25, 0.3) is 5.91 Å². The molecule has 3 rings (SSSR count). The second kappa shape index (κ2) is 8.62. The van der Waals surface area contributed by atoms with E-state index in [4.69, 9.17) is 0 Å². The van der Waals surface area contributed by atoms with Gasteiger partial charge in [0.15, 0.2) is 0 Å². The molecule has 0 spiro atoms. The number of anilines is 1. The van der Waals surface area contributed by atoms with Crippen LogP contribution < -0.4 is 4.90 Å². The Hall–Kier alpha value is -2.96. The molecule has 27 heavy (non-hydrogen) atoms. The third-order valence-electron chi connectivity index (χ3n) is 4.72. The third kappa shape index (κ3) is 4.61. The lowest BCUT2D eigenvalue weighted by Crippen LogP contribution is -2.46. The molecule has 0 bridgehead atoms. The predicted molar refractivity (Wildman–Crippen MR) is 103 cm³/mol. The first kappa shape index (κ1) is 18.8. The number of carbonyl (C=O) groups excluding carboxylic acids is 2. The monoisotopic (exact) mass is 367 g/mol. The van der Waals surface area contributed by atoms with Crippen molar-refractivity contribution in [1.29, 1.82) is 0 Å². The van der Waals surface area contributed by atoms with Crippen LogP contribution in [0.4, 0.5) is 5.82 Å². The lowest BCUT2D eigenvalue weighted by molar-refractivity contribution is -0.118. The molecule has 0 atom stereocenters. The van der Waals surface area contributed by atoms with Crippen molar-refractivity contribution >= 4 is 18.1 Å². The van der Waals surface area contributed by atoms with Crippen LogP contribution in [0, 0.1) is 0 Å². The van der Waals surface area contributed by atoms with E-state index < -0.39 is 0 Å². The van der Waals surface area contributed by atoms with E-state index in [1.54, 1.807) is 22.2 Å². The van der Waals surface area contributed by atoms with Gasteiger partial charge in [0.2, 0.25) is 6.41 Å². The third-order valence-corrected chi connectivity index (χ3v) is 4.72. The van der Waals surface area contributed by atoms with Crippen molar-refractivity contribution in [2.24, 2.45) is 0 Å². The molecule has 1 fully saturated rings. The highest BCUT2D eigenvalue weighted by atomic mass is 16.2. The molecule has 1 aromatic carbocycles. The van der Waals surface area contributed by atoms with Crippen LogP contribution in [0.15, 0.2) is 42.7 Å². The molecule has 0 N–H and O–H groups in total. The van der Waals surface area contributed by atoms with Crippen LogP contribution in [0.3, 0.4) is 0 Å². The molecular weight excluding hydrogens is 342 g/mol. The number of rotatable bonds is 6. The Balaban J connectivity index is 1.69. The highest BCUT2D eigenvalue weighted by molar-refractivity contribution is 5.92. The number of aromatic nitrogens is 2. The maximum Gasteiger partial charge on any atom is 0.274 e. The normalized spacial score (nSPS) is 14.3. The SMILES string of the molecule is CC(C)N(Cc1ccccc1)C(=O)c1cnc(N2CCN(C=O)CC2)cn1. The van der Waals surface area contributed by atoms with E-state index >= 15 is 0 Å². The first-order chi connectivity index (χ1) is 13.1. The second-order valence-corrected chi connectivity index (χ2v) is 6.90. The van der Waals surface area contributed by atoms with Crippen molar-refractivity contribution in [1.82, 2.24) is 19.8 Å². The summed E-state index contributed by atoms with van der Waals surface area (Å²) in [6, 6.07) is 9.97. The minimum Gasteiger partial charge on any atom is -0.352 e. The molecule has 1 saturated heterocycles. The molecule has 1 aromatic heterocycles. The van der Waals surface area contributed by atoms with Crippen LogP contribution >= 0.6 is 0 Å².